The van der Waals surface area contributed by atoms with Crippen molar-refractivity contribution < 1.29 is 18.3 Å². The standard InChI is InChI=1S/C9H7F2I2NO2/c1-2-16-9(15)6-4(12)3-5(7(10)11)14-8(6)13/h3,7H,2H2,1H3. The second-order valence-corrected chi connectivity index (χ2v) is 4.90. The first-order valence-corrected chi connectivity index (χ1v) is 6.44. The number of hydrogen-bond acceptors (Lipinski definition) is 3. The predicted octanol–water partition coefficient (Wildman–Crippen LogP) is 3.41. The number of alkyl halides is 2. The zero-order valence-electron chi connectivity index (χ0n) is 8.14. The van der Waals surface area contributed by atoms with Crippen LogP contribution in [0.1, 0.15) is 29.4 Å². The zero-order chi connectivity index (χ0) is 12.3. The smallest absolute Gasteiger partial charge is 0.341 e. The maximum Gasteiger partial charge on any atom is 0.341 e. The average Bonchev–Trinajstić information content (AvgIpc) is 2.16. The monoisotopic (exact) mass is 453 g/mol. The fourth-order valence-corrected chi connectivity index (χ4v) is 3.10. The summed E-state index contributed by atoms with van der Waals surface area (Å²) in [6.45, 7) is 1.92. The van der Waals surface area contributed by atoms with Gasteiger partial charge in [-0.05, 0) is 58.2 Å². The molecule has 3 nitrogen and oxygen atoms in total. The molecule has 0 saturated carbocycles. The summed E-state index contributed by atoms with van der Waals surface area (Å²) in [4.78, 5) is 15.2. The summed E-state index contributed by atoms with van der Waals surface area (Å²) >= 11 is 3.57. The van der Waals surface area contributed by atoms with Crippen LogP contribution in [0.5, 0.6) is 0 Å². The topological polar surface area (TPSA) is 39.2 Å². The van der Waals surface area contributed by atoms with Crippen LogP contribution in [-0.2, 0) is 4.74 Å². The maximum atomic E-state index is 12.4. The van der Waals surface area contributed by atoms with E-state index in [1.807, 2.05) is 22.6 Å². The van der Waals surface area contributed by atoms with Gasteiger partial charge < -0.3 is 4.74 Å². The fourth-order valence-electron chi connectivity index (χ4n) is 0.999. The van der Waals surface area contributed by atoms with E-state index in [4.69, 9.17) is 4.74 Å². The maximum absolute atomic E-state index is 12.4. The highest BCUT2D eigenvalue weighted by molar-refractivity contribution is 14.1. The second-order valence-electron chi connectivity index (χ2n) is 2.72. The summed E-state index contributed by atoms with van der Waals surface area (Å²) in [7, 11) is 0. The molecule has 0 N–H and O–H groups in total. The summed E-state index contributed by atoms with van der Waals surface area (Å²) in [5.41, 5.74) is -0.0886. The Labute approximate surface area is 118 Å². The summed E-state index contributed by atoms with van der Waals surface area (Å²) in [5.74, 6) is -0.537. The Bertz CT molecular complexity index is 389. The third-order valence-corrected chi connectivity index (χ3v) is 3.28. The van der Waals surface area contributed by atoms with Gasteiger partial charge in [0.05, 0.1) is 6.61 Å². The number of halogens is 4. The Morgan fingerprint density at radius 2 is 2.19 bits per heavy atom. The van der Waals surface area contributed by atoms with E-state index in [0.717, 1.165) is 0 Å². The summed E-state index contributed by atoms with van der Waals surface area (Å²) in [6, 6.07) is 1.19. The molecule has 0 aromatic carbocycles. The minimum Gasteiger partial charge on any atom is -0.462 e. The van der Waals surface area contributed by atoms with Gasteiger partial charge in [-0.25, -0.2) is 18.6 Å². The van der Waals surface area contributed by atoms with Gasteiger partial charge in [0.1, 0.15) is 15.0 Å². The number of esters is 1. The Hall–Kier alpha value is -0.0600. The van der Waals surface area contributed by atoms with E-state index in [2.05, 4.69) is 4.98 Å². The first-order valence-electron chi connectivity index (χ1n) is 4.28. The lowest BCUT2D eigenvalue weighted by Crippen LogP contribution is -2.11. The van der Waals surface area contributed by atoms with Crippen LogP contribution >= 0.6 is 45.2 Å². The number of aromatic nitrogens is 1. The molecule has 0 aliphatic rings. The van der Waals surface area contributed by atoms with E-state index in [9.17, 15) is 13.6 Å². The Morgan fingerprint density at radius 3 is 2.62 bits per heavy atom. The number of pyridine rings is 1. The highest BCUT2D eigenvalue weighted by Crippen LogP contribution is 2.24. The molecule has 0 amide bonds. The number of nitrogens with zero attached hydrogens (tertiary/aromatic N) is 1. The number of ether oxygens (including phenoxy) is 1. The normalized spacial score (nSPS) is 10.6. The fraction of sp³-hybridized carbons (Fsp3) is 0.333. The molecular weight excluding hydrogens is 446 g/mol. The second kappa shape index (κ2) is 6.03. The molecule has 1 aromatic heterocycles. The minimum atomic E-state index is -2.64. The van der Waals surface area contributed by atoms with E-state index < -0.39 is 12.4 Å². The van der Waals surface area contributed by atoms with Gasteiger partial charge in [-0.15, -0.1) is 0 Å². The molecule has 88 valence electrons. The van der Waals surface area contributed by atoms with Gasteiger partial charge in [-0.1, -0.05) is 0 Å². The van der Waals surface area contributed by atoms with Crippen molar-refractivity contribution in [3.05, 3.63) is 24.6 Å². The molecule has 16 heavy (non-hydrogen) atoms. The molecule has 0 unspecified atom stereocenters. The van der Waals surface area contributed by atoms with Gasteiger partial charge in [0.25, 0.3) is 6.43 Å². The molecule has 0 spiro atoms. The van der Waals surface area contributed by atoms with Crippen LogP contribution in [0.4, 0.5) is 8.78 Å². The van der Waals surface area contributed by atoms with Gasteiger partial charge in [0.2, 0.25) is 0 Å². The third-order valence-electron chi connectivity index (χ3n) is 1.65. The van der Waals surface area contributed by atoms with Crippen molar-refractivity contribution in [3.63, 3.8) is 0 Å². The van der Waals surface area contributed by atoms with E-state index >= 15 is 0 Å². The average molecular weight is 453 g/mol. The minimum absolute atomic E-state index is 0.234. The molecular formula is C9H7F2I2NO2. The van der Waals surface area contributed by atoms with Gasteiger partial charge in [-0.3, -0.25) is 0 Å². The van der Waals surface area contributed by atoms with Crippen molar-refractivity contribution in [3.8, 4) is 0 Å². The van der Waals surface area contributed by atoms with Crippen molar-refractivity contribution in [2.24, 2.45) is 0 Å². The molecule has 7 heteroatoms. The molecule has 0 aliphatic carbocycles. The Balaban J connectivity index is 3.17. The van der Waals surface area contributed by atoms with Gasteiger partial charge in [0, 0.05) is 3.57 Å². The number of rotatable bonds is 3. The van der Waals surface area contributed by atoms with Crippen molar-refractivity contribution in [2.75, 3.05) is 6.61 Å². The molecule has 1 rings (SSSR count). The van der Waals surface area contributed by atoms with Crippen LogP contribution in [0.3, 0.4) is 0 Å². The molecule has 0 saturated heterocycles. The van der Waals surface area contributed by atoms with Crippen molar-refractivity contribution >= 4 is 51.2 Å². The highest BCUT2D eigenvalue weighted by Gasteiger charge is 2.20. The Morgan fingerprint density at radius 1 is 1.56 bits per heavy atom. The molecule has 0 atom stereocenters. The lowest BCUT2D eigenvalue weighted by Gasteiger charge is -2.08. The van der Waals surface area contributed by atoms with Crippen LogP contribution in [-0.4, -0.2) is 17.6 Å². The molecule has 0 fully saturated rings. The molecule has 0 bridgehead atoms. The molecule has 1 aromatic rings. The van der Waals surface area contributed by atoms with Gasteiger partial charge in [0.15, 0.2) is 0 Å². The predicted molar refractivity (Wildman–Crippen MR) is 70.6 cm³/mol. The largest absolute Gasteiger partial charge is 0.462 e. The lowest BCUT2D eigenvalue weighted by molar-refractivity contribution is 0.0522. The Kier molecular flexibility index (Phi) is 5.28. The van der Waals surface area contributed by atoms with Crippen molar-refractivity contribution in [1.82, 2.24) is 4.98 Å². The van der Waals surface area contributed by atoms with E-state index in [1.165, 1.54) is 6.07 Å². The van der Waals surface area contributed by atoms with E-state index in [0.29, 0.717) is 3.57 Å². The van der Waals surface area contributed by atoms with Crippen LogP contribution in [0, 0.1) is 7.27 Å². The summed E-state index contributed by atoms with van der Waals surface area (Å²) in [5, 5.41) is 0. The highest BCUT2D eigenvalue weighted by atomic mass is 127. The lowest BCUT2D eigenvalue weighted by atomic mass is 10.2. The van der Waals surface area contributed by atoms with E-state index in [1.54, 1.807) is 29.5 Å². The zero-order valence-corrected chi connectivity index (χ0v) is 12.5. The van der Waals surface area contributed by atoms with Gasteiger partial charge in [-0.2, -0.15) is 0 Å². The number of carbonyl (C=O) groups excluding carboxylic acids is 1. The van der Waals surface area contributed by atoms with Crippen molar-refractivity contribution in [1.29, 1.82) is 0 Å². The molecule has 0 aliphatic heterocycles. The van der Waals surface area contributed by atoms with Crippen LogP contribution in [0.2, 0.25) is 0 Å². The number of hydrogen-bond donors (Lipinski definition) is 0. The van der Waals surface area contributed by atoms with E-state index in [-0.39, 0.29) is 21.6 Å². The third kappa shape index (κ3) is 3.22. The quantitative estimate of drug-likeness (QED) is 0.401. The van der Waals surface area contributed by atoms with Gasteiger partial charge >= 0.3 is 5.97 Å². The van der Waals surface area contributed by atoms with Crippen LogP contribution in [0.15, 0.2) is 6.07 Å². The van der Waals surface area contributed by atoms with Crippen LogP contribution in [0.25, 0.3) is 0 Å². The summed E-state index contributed by atoms with van der Waals surface area (Å²) in [6.07, 6.45) is -2.64. The summed E-state index contributed by atoms with van der Waals surface area (Å²) < 4.78 is 30.3. The number of carbonyl (C=O) groups is 1. The van der Waals surface area contributed by atoms with Crippen LogP contribution < -0.4 is 0 Å². The molecule has 0 radical (unpaired) electrons. The first-order chi connectivity index (χ1) is 7.47. The van der Waals surface area contributed by atoms with Crippen molar-refractivity contribution in [2.45, 2.75) is 13.3 Å². The first kappa shape index (κ1) is 14.0. The molecule has 1 heterocycles. The SMILES string of the molecule is CCOC(=O)c1c(I)cc(C(F)F)nc1I.